The molecule has 0 amide bonds. The number of hydrogen-bond donors (Lipinski definition) is 2. The number of aliphatic hydroxyl groups excluding tert-OH is 1. The smallest absolute Gasteiger partial charge is 0.183 e. The quantitative estimate of drug-likeness (QED) is 0.696. The Balaban J connectivity index is 2.77. The van der Waals surface area contributed by atoms with E-state index in [0.29, 0.717) is 12.5 Å². The molecular formula is C12H25NO3. The predicted octanol–water partition coefficient (Wildman–Crippen LogP) is 1.12. The molecular weight excluding hydrogens is 206 g/mol. The van der Waals surface area contributed by atoms with Gasteiger partial charge in [-0.15, -0.1) is 0 Å². The predicted molar refractivity (Wildman–Crippen MR) is 62.9 cm³/mol. The van der Waals surface area contributed by atoms with E-state index >= 15 is 0 Å². The minimum atomic E-state index is -0.643. The molecule has 1 aliphatic rings. The summed E-state index contributed by atoms with van der Waals surface area (Å²) in [4.78, 5) is 0. The maximum atomic E-state index is 10.4. The van der Waals surface area contributed by atoms with E-state index in [1.165, 1.54) is 6.42 Å². The van der Waals surface area contributed by atoms with Gasteiger partial charge in [-0.05, 0) is 18.8 Å². The molecule has 0 bridgehead atoms. The van der Waals surface area contributed by atoms with Gasteiger partial charge in [-0.1, -0.05) is 19.8 Å². The molecule has 0 heterocycles. The zero-order valence-corrected chi connectivity index (χ0v) is 10.6. The first kappa shape index (κ1) is 13.9. The standard InChI is InChI=1S/C12H25NO3/c1-9-5-4-6-12(7-9,8-13)10(14)11(15-2)16-3/h9-11,14H,4-8,13H2,1-3H3. The van der Waals surface area contributed by atoms with Gasteiger partial charge in [0.1, 0.15) is 6.10 Å². The lowest BCUT2D eigenvalue weighted by Crippen LogP contribution is -2.51. The second-order valence-corrected chi connectivity index (χ2v) is 5.05. The van der Waals surface area contributed by atoms with Crippen LogP contribution in [0.2, 0.25) is 0 Å². The Labute approximate surface area is 98.1 Å². The van der Waals surface area contributed by atoms with Crippen molar-refractivity contribution >= 4 is 0 Å². The Kier molecular flexibility index (Phi) is 5.18. The number of aliphatic hydroxyl groups is 1. The highest BCUT2D eigenvalue weighted by Gasteiger charge is 2.44. The Morgan fingerprint density at radius 1 is 1.44 bits per heavy atom. The van der Waals surface area contributed by atoms with Crippen LogP contribution in [0, 0.1) is 11.3 Å². The average molecular weight is 231 g/mol. The second-order valence-electron chi connectivity index (χ2n) is 5.05. The summed E-state index contributed by atoms with van der Waals surface area (Å²) < 4.78 is 10.3. The number of hydrogen-bond acceptors (Lipinski definition) is 4. The second kappa shape index (κ2) is 5.96. The van der Waals surface area contributed by atoms with E-state index in [-0.39, 0.29) is 5.41 Å². The highest BCUT2D eigenvalue weighted by Crippen LogP contribution is 2.42. The van der Waals surface area contributed by atoms with Crippen LogP contribution in [0.5, 0.6) is 0 Å². The van der Waals surface area contributed by atoms with Crippen molar-refractivity contribution in [3.05, 3.63) is 0 Å². The Morgan fingerprint density at radius 2 is 2.06 bits per heavy atom. The van der Waals surface area contributed by atoms with Gasteiger partial charge in [-0.2, -0.15) is 0 Å². The average Bonchev–Trinajstić information content (AvgIpc) is 2.30. The largest absolute Gasteiger partial charge is 0.387 e. The fraction of sp³-hybridized carbons (Fsp3) is 1.00. The fourth-order valence-corrected chi connectivity index (χ4v) is 2.92. The molecule has 0 aromatic heterocycles. The molecule has 0 aromatic rings. The summed E-state index contributed by atoms with van der Waals surface area (Å²) >= 11 is 0. The number of methoxy groups -OCH3 is 2. The molecule has 3 unspecified atom stereocenters. The van der Waals surface area contributed by atoms with E-state index < -0.39 is 12.4 Å². The molecule has 0 aromatic carbocycles. The monoisotopic (exact) mass is 231 g/mol. The maximum absolute atomic E-state index is 10.4. The Hall–Kier alpha value is -0.160. The van der Waals surface area contributed by atoms with Crippen molar-refractivity contribution in [3.63, 3.8) is 0 Å². The fourth-order valence-electron chi connectivity index (χ4n) is 2.92. The minimum absolute atomic E-state index is 0.242. The van der Waals surface area contributed by atoms with E-state index in [1.54, 1.807) is 14.2 Å². The van der Waals surface area contributed by atoms with E-state index in [0.717, 1.165) is 19.3 Å². The van der Waals surface area contributed by atoms with Crippen molar-refractivity contribution in [2.24, 2.45) is 17.1 Å². The van der Waals surface area contributed by atoms with Crippen LogP contribution in [-0.4, -0.2) is 38.3 Å². The molecule has 0 saturated heterocycles. The molecule has 3 atom stereocenters. The first-order valence-electron chi connectivity index (χ1n) is 6.03. The molecule has 1 rings (SSSR count). The van der Waals surface area contributed by atoms with Crippen molar-refractivity contribution in [3.8, 4) is 0 Å². The molecule has 0 radical (unpaired) electrons. The molecule has 1 aliphatic carbocycles. The molecule has 3 N–H and O–H groups in total. The van der Waals surface area contributed by atoms with Gasteiger partial charge in [0, 0.05) is 26.2 Å². The van der Waals surface area contributed by atoms with Gasteiger partial charge in [0.15, 0.2) is 6.29 Å². The third-order valence-corrected chi connectivity index (χ3v) is 3.88. The van der Waals surface area contributed by atoms with Crippen LogP contribution in [0.3, 0.4) is 0 Å². The van der Waals surface area contributed by atoms with Gasteiger partial charge in [0.2, 0.25) is 0 Å². The lowest BCUT2D eigenvalue weighted by molar-refractivity contribution is -0.204. The van der Waals surface area contributed by atoms with Gasteiger partial charge in [0.05, 0.1) is 0 Å². The van der Waals surface area contributed by atoms with E-state index in [9.17, 15) is 5.11 Å². The highest BCUT2D eigenvalue weighted by atomic mass is 16.7. The molecule has 96 valence electrons. The number of ether oxygens (including phenoxy) is 2. The van der Waals surface area contributed by atoms with E-state index in [1.807, 2.05) is 0 Å². The topological polar surface area (TPSA) is 64.7 Å². The number of rotatable bonds is 5. The van der Waals surface area contributed by atoms with Gasteiger partial charge >= 0.3 is 0 Å². The lowest BCUT2D eigenvalue weighted by Gasteiger charge is -2.44. The molecule has 16 heavy (non-hydrogen) atoms. The van der Waals surface area contributed by atoms with Crippen molar-refractivity contribution < 1.29 is 14.6 Å². The molecule has 4 heteroatoms. The minimum Gasteiger partial charge on any atom is -0.387 e. The van der Waals surface area contributed by atoms with Crippen LogP contribution in [0.1, 0.15) is 32.6 Å². The van der Waals surface area contributed by atoms with Gasteiger partial charge < -0.3 is 20.3 Å². The summed E-state index contributed by atoms with van der Waals surface area (Å²) in [5.74, 6) is 0.612. The zero-order valence-electron chi connectivity index (χ0n) is 10.6. The molecule has 4 nitrogen and oxygen atoms in total. The Bertz CT molecular complexity index is 208. The van der Waals surface area contributed by atoms with Crippen molar-refractivity contribution in [1.29, 1.82) is 0 Å². The van der Waals surface area contributed by atoms with Crippen LogP contribution < -0.4 is 5.73 Å². The summed E-state index contributed by atoms with van der Waals surface area (Å²) in [7, 11) is 3.10. The summed E-state index contributed by atoms with van der Waals surface area (Å²) in [6.07, 6.45) is 3.03. The summed E-state index contributed by atoms with van der Waals surface area (Å²) in [5, 5.41) is 10.4. The molecule has 0 spiro atoms. The van der Waals surface area contributed by atoms with Crippen molar-refractivity contribution in [2.75, 3.05) is 20.8 Å². The first-order valence-corrected chi connectivity index (χ1v) is 6.03. The summed E-state index contributed by atoms with van der Waals surface area (Å²) in [5.41, 5.74) is 5.64. The maximum Gasteiger partial charge on any atom is 0.183 e. The van der Waals surface area contributed by atoms with Crippen LogP contribution in [0.4, 0.5) is 0 Å². The first-order chi connectivity index (χ1) is 7.59. The van der Waals surface area contributed by atoms with Gasteiger partial charge in [-0.25, -0.2) is 0 Å². The van der Waals surface area contributed by atoms with Crippen LogP contribution >= 0.6 is 0 Å². The van der Waals surface area contributed by atoms with Crippen LogP contribution in [-0.2, 0) is 9.47 Å². The van der Waals surface area contributed by atoms with E-state index in [4.69, 9.17) is 15.2 Å². The lowest BCUT2D eigenvalue weighted by atomic mass is 9.66. The summed E-state index contributed by atoms with van der Waals surface area (Å²) in [6, 6.07) is 0. The van der Waals surface area contributed by atoms with Gasteiger partial charge in [-0.3, -0.25) is 0 Å². The Morgan fingerprint density at radius 3 is 2.50 bits per heavy atom. The summed E-state index contributed by atoms with van der Waals surface area (Å²) in [6.45, 7) is 2.70. The number of nitrogens with two attached hydrogens (primary N) is 1. The van der Waals surface area contributed by atoms with E-state index in [2.05, 4.69) is 6.92 Å². The van der Waals surface area contributed by atoms with Crippen molar-refractivity contribution in [2.45, 2.75) is 45.0 Å². The third kappa shape index (κ3) is 2.74. The van der Waals surface area contributed by atoms with Crippen LogP contribution in [0.15, 0.2) is 0 Å². The van der Waals surface area contributed by atoms with Crippen molar-refractivity contribution in [1.82, 2.24) is 0 Å². The molecule has 1 saturated carbocycles. The zero-order chi connectivity index (χ0) is 12.2. The molecule has 1 fully saturated rings. The highest BCUT2D eigenvalue weighted by molar-refractivity contribution is 4.93. The van der Waals surface area contributed by atoms with Gasteiger partial charge in [0.25, 0.3) is 0 Å². The normalized spacial score (nSPS) is 33.0. The van der Waals surface area contributed by atoms with Crippen LogP contribution in [0.25, 0.3) is 0 Å². The SMILES string of the molecule is COC(OC)C(O)C1(CN)CCCC(C)C1. The molecule has 0 aliphatic heterocycles. The third-order valence-electron chi connectivity index (χ3n) is 3.88.